The van der Waals surface area contributed by atoms with E-state index in [1.54, 1.807) is 30.3 Å². The van der Waals surface area contributed by atoms with Gasteiger partial charge in [0, 0.05) is 11.8 Å². The zero-order chi connectivity index (χ0) is 18.7. The molecule has 1 heterocycles. The highest BCUT2D eigenvalue weighted by Crippen LogP contribution is 2.42. The number of ether oxygens (including phenoxy) is 2. The summed E-state index contributed by atoms with van der Waals surface area (Å²) in [6.45, 7) is 0. The van der Waals surface area contributed by atoms with E-state index in [0.29, 0.717) is 5.56 Å². The zero-order valence-corrected chi connectivity index (χ0v) is 13.4. The van der Waals surface area contributed by atoms with Gasteiger partial charge in [-0.15, -0.1) is 8.78 Å². The van der Waals surface area contributed by atoms with Crippen LogP contribution in [0.2, 0.25) is 0 Å². The number of carbonyl (C=O) groups excluding carboxylic acids is 2. The predicted octanol–water partition coefficient (Wildman–Crippen LogP) is 2.75. The van der Waals surface area contributed by atoms with E-state index in [9.17, 15) is 18.4 Å². The summed E-state index contributed by atoms with van der Waals surface area (Å²) in [5, 5.41) is 5.06. The van der Waals surface area contributed by atoms with Gasteiger partial charge in [-0.05, 0) is 17.7 Å². The molecule has 1 aliphatic rings. The average Bonchev–Trinajstić information content (AvgIpc) is 2.87. The lowest BCUT2D eigenvalue weighted by molar-refractivity contribution is -0.286. The Hall–Kier alpha value is -3.36. The first kappa shape index (κ1) is 17.5. The number of primary amides is 1. The van der Waals surface area contributed by atoms with Crippen LogP contribution in [0.3, 0.4) is 0 Å². The van der Waals surface area contributed by atoms with Gasteiger partial charge in [-0.1, -0.05) is 30.3 Å². The summed E-state index contributed by atoms with van der Waals surface area (Å²) in [6.07, 6.45) is -3.83. The van der Waals surface area contributed by atoms with Crippen molar-refractivity contribution in [1.29, 1.82) is 0 Å². The molecular formula is C17H15F2N3O4. The van der Waals surface area contributed by atoms with E-state index in [1.165, 1.54) is 18.2 Å². The van der Waals surface area contributed by atoms with Crippen LogP contribution < -0.4 is 25.8 Å². The molecule has 26 heavy (non-hydrogen) atoms. The van der Waals surface area contributed by atoms with Crippen LogP contribution in [0.4, 0.5) is 19.3 Å². The highest BCUT2D eigenvalue weighted by Gasteiger charge is 2.43. The van der Waals surface area contributed by atoms with Crippen molar-refractivity contribution in [3.8, 4) is 11.5 Å². The number of alkyl halides is 2. The number of halogens is 2. The van der Waals surface area contributed by atoms with Crippen molar-refractivity contribution in [3.63, 3.8) is 0 Å². The Morgan fingerprint density at radius 2 is 1.77 bits per heavy atom. The van der Waals surface area contributed by atoms with Crippen molar-refractivity contribution in [1.82, 2.24) is 5.32 Å². The Morgan fingerprint density at radius 3 is 2.46 bits per heavy atom. The molecule has 0 unspecified atom stereocenters. The Balaban J connectivity index is 1.69. The maximum absolute atomic E-state index is 13.0. The third-order valence-corrected chi connectivity index (χ3v) is 3.59. The zero-order valence-electron chi connectivity index (χ0n) is 13.4. The molecule has 0 radical (unpaired) electrons. The largest absolute Gasteiger partial charge is 0.586 e. The Kier molecular flexibility index (Phi) is 4.61. The first-order valence-corrected chi connectivity index (χ1v) is 7.63. The number of fused-ring (bicyclic) bond motifs is 1. The molecule has 0 bridgehead atoms. The van der Waals surface area contributed by atoms with E-state index in [2.05, 4.69) is 20.1 Å². The minimum Gasteiger partial charge on any atom is -0.395 e. The molecular weight excluding hydrogens is 348 g/mol. The average molecular weight is 363 g/mol. The molecule has 2 aromatic carbocycles. The number of nitrogens with one attached hydrogen (secondary N) is 2. The Bertz CT molecular complexity index is 830. The second-order valence-electron chi connectivity index (χ2n) is 5.55. The highest BCUT2D eigenvalue weighted by molar-refractivity contribution is 5.92. The molecule has 1 aliphatic heterocycles. The quantitative estimate of drug-likeness (QED) is 0.760. The topological polar surface area (TPSA) is 103 Å². The number of urea groups is 1. The number of anilines is 1. The van der Waals surface area contributed by atoms with E-state index in [-0.39, 0.29) is 23.6 Å². The Morgan fingerprint density at radius 1 is 1.08 bits per heavy atom. The number of hydrogen-bond donors (Lipinski definition) is 3. The van der Waals surface area contributed by atoms with Crippen molar-refractivity contribution in [2.24, 2.45) is 5.73 Å². The summed E-state index contributed by atoms with van der Waals surface area (Å²) >= 11 is 0. The maximum Gasteiger partial charge on any atom is 0.586 e. The lowest BCUT2D eigenvalue weighted by Gasteiger charge is -2.17. The van der Waals surface area contributed by atoms with Crippen molar-refractivity contribution >= 4 is 17.6 Å². The van der Waals surface area contributed by atoms with Gasteiger partial charge in [-0.2, -0.15) is 0 Å². The summed E-state index contributed by atoms with van der Waals surface area (Å²) in [5.41, 5.74) is 6.11. The van der Waals surface area contributed by atoms with E-state index < -0.39 is 24.3 Å². The molecule has 4 N–H and O–H groups in total. The first-order valence-electron chi connectivity index (χ1n) is 7.63. The molecule has 9 heteroatoms. The number of benzene rings is 2. The van der Waals surface area contributed by atoms with Crippen LogP contribution in [-0.4, -0.2) is 18.2 Å². The summed E-state index contributed by atoms with van der Waals surface area (Å²) in [5.74, 6) is -0.744. The van der Waals surface area contributed by atoms with Gasteiger partial charge < -0.3 is 25.8 Å². The van der Waals surface area contributed by atoms with Crippen molar-refractivity contribution < 1.29 is 27.8 Å². The number of nitrogens with two attached hydrogens (primary N) is 1. The molecule has 2 aromatic rings. The van der Waals surface area contributed by atoms with Gasteiger partial charge >= 0.3 is 12.3 Å². The van der Waals surface area contributed by atoms with E-state index in [4.69, 9.17) is 5.73 Å². The van der Waals surface area contributed by atoms with Gasteiger partial charge in [-0.3, -0.25) is 4.79 Å². The molecule has 136 valence electrons. The fraction of sp³-hybridized carbons (Fsp3) is 0.176. The molecule has 1 atom stereocenters. The van der Waals surface area contributed by atoms with Crippen molar-refractivity contribution in [2.45, 2.75) is 18.8 Å². The van der Waals surface area contributed by atoms with E-state index in [0.717, 1.165) is 0 Å². The monoisotopic (exact) mass is 363 g/mol. The molecule has 0 spiro atoms. The molecule has 3 rings (SSSR count). The summed E-state index contributed by atoms with van der Waals surface area (Å²) in [6, 6.07) is 11.3. The summed E-state index contributed by atoms with van der Waals surface area (Å²) < 4.78 is 34.7. The lowest BCUT2D eigenvalue weighted by Crippen LogP contribution is -2.35. The van der Waals surface area contributed by atoms with Crippen LogP contribution >= 0.6 is 0 Å². The molecule has 0 fully saturated rings. The molecule has 7 nitrogen and oxygen atoms in total. The number of amides is 3. The standard InChI is InChI=1S/C17H15F2N3O4/c18-17(19)25-13-7-6-11(8-14(13)26-17)21-15(23)9-12(22-16(20)24)10-4-2-1-3-5-10/h1-8,12H,9H2,(H,21,23)(H3,20,22,24)/t12-/m0/s1. The molecule has 0 aromatic heterocycles. The highest BCUT2D eigenvalue weighted by atomic mass is 19.3. The van der Waals surface area contributed by atoms with E-state index >= 15 is 0 Å². The van der Waals surface area contributed by atoms with Gasteiger partial charge in [-0.25, -0.2) is 4.79 Å². The van der Waals surface area contributed by atoms with Crippen LogP contribution in [0.5, 0.6) is 11.5 Å². The predicted molar refractivity (Wildman–Crippen MR) is 87.8 cm³/mol. The fourth-order valence-electron chi connectivity index (χ4n) is 2.53. The third kappa shape index (κ3) is 4.18. The van der Waals surface area contributed by atoms with Crippen LogP contribution in [-0.2, 0) is 4.79 Å². The smallest absolute Gasteiger partial charge is 0.395 e. The van der Waals surface area contributed by atoms with Gasteiger partial charge in [0.1, 0.15) is 0 Å². The van der Waals surface area contributed by atoms with Crippen LogP contribution in [0.15, 0.2) is 48.5 Å². The van der Waals surface area contributed by atoms with Gasteiger partial charge in [0.15, 0.2) is 11.5 Å². The van der Waals surface area contributed by atoms with Crippen molar-refractivity contribution in [3.05, 3.63) is 54.1 Å². The number of hydrogen-bond acceptors (Lipinski definition) is 4. The minimum absolute atomic E-state index is 0.0996. The second kappa shape index (κ2) is 6.87. The summed E-state index contributed by atoms with van der Waals surface area (Å²) in [7, 11) is 0. The SMILES string of the molecule is NC(=O)N[C@@H](CC(=O)Nc1ccc2c(c1)OC(F)(F)O2)c1ccccc1. The van der Waals surface area contributed by atoms with Crippen LogP contribution in [0.1, 0.15) is 18.0 Å². The van der Waals surface area contributed by atoms with Crippen LogP contribution in [0, 0.1) is 0 Å². The lowest BCUT2D eigenvalue weighted by atomic mass is 10.0. The Labute approximate surface area is 147 Å². The van der Waals surface area contributed by atoms with Gasteiger partial charge in [0.25, 0.3) is 0 Å². The maximum atomic E-state index is 13.0. The van der Waals surface area contributed by atoms with E-state index in [1.807, 2.05) is 0 Å². The van der Waals surface area contributed by atoms with Crippen LogP contribution in [0.25, 0.3) is 0 Å². The number of rotatable bonds is 5. The van der Waals surface area contributed by atoms with Gasteiger partial charge in [0.2, 0.25) is 5.91 Å². The third-order valence-electron chi connectivity index (χ3n) is 3.59. The number of carbonyl (C=O) groups is 2. The normalized spacial score (nSPS) is 15.2. The van der Waals surface area contributed by atoms with Gasteiger partial charge in [0.05, 0.1) is 12.5 Å². The molecule has 0 saturated carbocycles. The van der Waals surface area contributed by atoms with Crippen molar-refractivity contribution in [2.75, 3.05) is 5.32 Å². The molecule has 0 aliphatic carbocycles. The molecule has 0 saturated heterocycles. The molecule has 3 amide bonds. The second-order valence-corrected chi connectivity index (χ2v) is 5.55. The minimum atomic E-state index is -3.73. The first-order chi connectivity index (χ1) is 12.3. The summed E-state index contributed by atoms with van der Waals surface area (Å²) in [4.78, 5) is 23.5. The fourth-order valence-corrected chi connectivity index (χ4v) is 2.53.